The zero-order valence-electron chi connectivity index (χ0n) is 20.4. The molecule has 0 aliphatic carbocycles. The van der Waals surface area contributed by atoms with E-state index in [-0.39, 0.29) is 23.0 Å². The van der Waals surface area contributed by atoms with Gasteiger partial charge in [0.25, 0.3) is 0 Å². The summed E-state index contributed by atoms with van der Waals surface area (Å²) >= 11 is 0. The molecule has 0 spiro atoms. The molecule has 0 amide bonds. The summed E-state index contributed by atoms with van der Waals surface area (Å²) in [6, 6.07) is 12.1. The van der Waals surface area contributed by atoms with Crippen LogP contribution in [0.2, 0.25) is 0 Å². The molecule has 1 aliphatic rings. The zero-order chi connectivity index (χ0) is 23.2. The van der Waals surface area contributed by atoms with Gasteiger partial charge >= 0.3 is 0 Å². The van der Waals surface area contributed by atoms with Crippen LogP contribution in [0.15, 0.2) is 36.4 Å². The lowest BCUT2D eigenvalue weighted by Crippen LogP contribution is -2.25. The molecular weight excluding hydrogens is 404 g/mol. The van der Waals surface area contributed by atoms with Crippen LogP contribution in [-0.2, 0) is 18.9 Å². The highest BCUT2D eigenvalue weighted by Crippen LogP contribution is 2.37. The van der Waals surface area contributed by atoms with Crippen molar-refractivity contribution in [2.24, 2.45) is 10.8 Å². The Labute approximate surface area is 192 Å². The third-order valence-electron chi connectivity index (χ3n) is 5.31. The van der Waals surface area contributed by atoms with Crippen LogP contribution in [0.4, 0.5) is 0 Å². The van der Waals surface area contributed by atoms with Crippen LogP contribution < -0.4 is 0 Å². The second-order valence-corrected chi connectivity index (χ2v) is 10.4. The molecule has 6 nitrogen and oxygen atoms in total. The van der Waals surface area contributed by atoms with Crippen LogP contribution in [-0.4, -0.2) is 49.6 Å². The van der Waals surface area contributed by atoms with Crippen molar-refractivity contribution in [3.8, 4) is 11.4 Å². The van der Waals surface area contributed by atoms with Crippen molar-refractivity contribution in [3.05, 3.63) is 47.8 Å². The van der Waals surface area contributed by atoms with E-state index in [1.54, 1.807) is 0 Å². The monoisotopic (exact) mass is 442 g/mol. The van der Waals surface area contributed by atoms with Gasteiger partial charge in [-0.1, -0.05) is 53.7 Å². The van der Waals surface area contributed by atoms with E-state index in [9.17, 15) is 0 Å². The molecule has 0 unspecified atom stereocenters. The molecular formula is C26H38N2O4. The van der Waals surface area contributed by atoms with E-state index in [1.165, 1.54) is 0 Å². The maximum absolute atomic E-state index is 6.24. The first kappa shape index (κ1) is 24.8. The van der Waals surface area contributed by atoms with Gasteiger partial charge in [0, 0.05) is 0 Å². The minimum absolute atomic E-state index is 0.115. The Morgan fingerprint density at radius 1 is 0.594 bits per heavy atom. The molecule has 32 heavy (non-hydrogen) atoms. The van der Waals surface area contributed by atoms with Crippen molar-refractivity contribution in [2.75, 3.05) is 39.6 Å². The average molecular weight is 443 g/mol. The van der Waals surface area contributed by atoms with Crippen LogP contribution >= 0.6 is 0 Å². The minimum atomic E-state index is -0.157. The van der Waals surface area contributed by atoms with Gasteiger partial charge < -0.3 is 18.9 Å². The van der Waals surface area contributed by atoms with E-state index in [1.807, 2.05) is 36.4 Å². The molecule has 3 heterocycles. The van der Waals surface area contributed by atoms with Crippen molar-refractivity contribution in [1.82, 2.24) is 9.97 Å². The molecule has 176 valence electrons. The van der Waals surface area contributed by atoms with Crippen LogP contribution in [0, 0.1) is 10.8 Å². The lowest BCUT2D eigenvalue weighted by molar-refractivity contribution is -0.0647. The second kappa shape index (κ2) is 10.8. The lowest BCUT2D eigenvalue weighted by Gasteiger charge is -2.31. The zero-order valence-corrected chi connectivity index (χ0v) is 20.4. The first-order valence-electron chi connectivity index (χ1n) is 11.5. The summed E-state index contributed by atoms with van der Waals surface area (Å²) in [4.78, 5) is 9.91. The molecule has 2 atom stereocenters. The average Bonchev–Trinajstić information content (AvgIpc) is 2.72. The number of ether oxygens (including phenoxy) is 4. The SMILES string of the molecule is CC(C)(C)[C@H]1OCCOCCOCCO[C@H](C(C)(C)C)c2cccc(n2)-c2cccc1n2. The Bertz CT molecular complexity index is 786. The largest absolute Gasteiger partial charge is 0.377 e. The number of fused-ring (bicyclic) bond motifs is 5. The van der Waals surface area contributed by atoms with E-state index in [0.29, 0.717) is 39.6 Å². The molecule has 2 aromatic rings. The summed E-state index contributed by atoms with van der Waals surface area (Å²) in [5, 5.41) is 0. The fourth-order valence-electron chi connectivity index (χ4n) is 3.81. The molecule has 0 fully saturated rings. The van der Waals surface area contributed by atoms with Crippen molar-refractivity contribution < 1.29 is 18.9 Å². The Kier molecular flexibility index (Phi) is 8.39. The normalized spacial score (nSPS) is 22.1. The van der Waals surface area contributed by atoms with Gasteiger partial charge in [0.2, 0.25) is 0 Å². The van der Waals surface area contributed by atoms with Crippen LogP contribution in [0.1, 0.15) is 65.1 Å². The summed E-state index contributed by atoms with van der Waals surface area (Å²) < 4.78 is 23.8. The van der Waals surface area contributed by atoms with E-state index < -0.39 is 0 Å². The van der Waals surface area contributed by atoms with Crippen LogP contribution in [0.25, 0.3) is 11.4 Å². The van der Waals surface area contributed by atoms with Crippen molar-refractivity contribution in [2.45, 2.75) is 53.8 Å². The van der Waals surface area contributed by atoms with Gasteiger partial charge in [0.1, 0.15) is 12.2 Å². The Morgan fingerprint density at radius 2 is 0.969 bits per heavy atom. The second-order valence-electron chi connectivity index (χ2n) is 10.4. The van der Waals surface area contributed by atoms with Gasteiger partial charge in [0.15, 0.2) is 0 Å². The fourth-order valence-corrected chi connectivity index (χ4v) is 3.81. The molecule has 0 saturated heterocycles. The van der Waals surface area contributed by atoms with Crippen molar-refractivity contribution >= 4 is 0 Å². The molecule has 3 rings (SSSR count). The fraction of sp³-hybridized carbons (Fsp3) is 0.615. The van der Waals surface area contributed by atoms with Gasteiger partial charge in [-0.15, -0.1) is 0 Å². The molecule has 0 N–H and O–H groups in total. The number of hydrogen-bond acceptors (Lipinski definition) is 6. The smallest absolute Gasteiger partial charge is 0.104 e. The van der Waals surface area contributed by atoms with Gasteiger partial charge in [-0.25, -0.2) is 9.97 Å². The van der Waals surface area contributed by atoms with Crippen LogP contribution in [0.3, 0.4) is 0 Å². The Hall–Kier alpha value is -1.86. The van der Waals surface area contributed by atoms with Gasteiger partial charge in [-0.2, -0.15) is 0 Å². The highest BCUT2D eigenvalue weighted by atomic mass is 16.6. The van der Waals surface area contributed by atoms with Crippen molar-refractivity contribution in [1.29, 1.82) is 0 Å². The Balaban J connectivity index is 1.99. The third kappa shape index (κ3) is 6.82. The quantitative estimate of drug-likeness (QED) is 0.544. The summed E-state index contributed by atoms with van der Waals surface area (Å²) in [6.07, 6.45) is -0.315. The van der Waals surface area contributed by atoms with E-state index in [4.69, 9.17) is 28.9 Å². The molecule has 6 heteroatoms. The number of nitrogens with zero attached hydrogens (tertiary/aromatic N) is 2. The topological polar surface area (TPSA) is 62.7 Å². The molecule has 0 saturated carbocycles. The molecule has 1 aliphatic heterocycles. The van der Waals surface area contributed by atoms with Gasteiger partial charge in [-0.3, -0.25) is 0 Å². The summed E-state index contributed by atoms with van der Waals surface area (Å²) in [5.74, 6) is 0. The number of aromatic nitrogens is 2. The van der Waals surface area contributed by atoms with E-state index >= 15 is 0 Å². The van der Waals surface area contributed by atoms with Gasteiger partial charge in [0.05, 0.1) is 62.4 Å². The molecule has 2 aromatic heterocycles. The first-order valence-corrected chi connectivity index (χ1v) is 11.5. The van der Waals surface area contributed by atoms with E-state index in [2.05, 4.69) is 41.5 Å². The summed E-state index contributed by atoms with van der Waals surface area (Å²) in [5.41, 5.74) is 3.23. The van der Waals surface area contributed by atoms with Crippen LogP contribution in [0.5, 0.6) is 0 Å². The lowest BCUT2D eigenvalue weighted by atomic mass is 9.86. The summed E-state index contributed by atoms with van der Waals surface area (Å²) in [6.45, 7) is 16.1. The number of rotatable bonds is 0. The predicted molar refractivity (Wildman–Crippen MR) is 125 cm³/mol. The minimum Gasteiger partial charge on any atom is -0.377 e. The van der Waals surface area contributed by atoms with Crippen molar-refractivity contribution in [3.63, 3.8) is 0 Å². The predicted octanol–water partition coefficient (Wildman–Crippen LogP) is 5.40. The third-order valence-corrected chi connectivity index (χ3v) is 5.31. The van der Waals surface area contributed by atoms with Gasteiger partial charge in [-0.05, 0) is 35.1 Å². The Morgan fingerprint density at radius 3 is 1.34 bits per heavy atom. The maximum atomic E-state index is 6.24. The molecule has 4 bridgehead atoms. The first-order chi connectivity index (χ1) is 15.2. The maximum Gasteiger partial charge on any atom is 0.104 e. The standard InChI is InChI=1S/C26H38N2O4/c1-25(2,3)23-21-11-7-9-19(27-21)20-10-8-12-22(28-20)24(26(4,5)6)32-18-16-30-14-13-29-15-17-31-23/h7-12,23-24H,13-18H2,1-6H3/t23-,24-/m0/s1. The summed E-state index contributed by atoms with van der Waals surface area (Å²) in [7, 11) is 0. The van der Waals surface area contributed by atoms with E-state index in [0.717, 1.165) is 22.8 Å². The number of hydrogen-bond donors (Lipinski definition) is 0. The number of pyridine rings is 2. The molecule has 0 aromatic carbocycles. The highest BCUT2D eigenvalue weighted by molar-refractivity contribution is 5.54. The highest BCUT2D eigenvalue weighted by Gasteiger charge is 2.30. The molecule has 0 radical (unpaired) electrons.